The third-order valence-electron chi connectivity index (χ3n) is 2.65. The van der Waals surface area contributed by atoms with Crippen LogP contribution in [0, 0.1) is 31.1 Å². The molecule has 1 aromatic rings. The van der Waals surface area contributed by atoms with E-state index in [-0.39, 0.29) is 11.1 Å². The fourth-order valence-electron chi connectivity index (χ4n) is 1.94. The molecular formula is C14H19N3O. The van der Waals surface area contributed by atoms with Gasteiger partial charge in [0.25, 0.3) is 5.56 Å². The Bertz CT molecular complexity index is 574. The fourth-order valence-corrected chi connectivity index (χ4v) is 1.94. The summed E-state index contributed by atoms with van der Waals surface area (Å²) >= 11 is 0. The molecule has 1 heterocycles. The lowest BCUT2D eigenvalue weighted by molar-refractivity contribution is 0.671. The third kappa shape index (κ3) is 3.07. The Hall–Kier alpha value is -1.89. The Balaban J connectivity index is 3.35. The van der Waals surface area contributed by atoms with Gasteiger partial charge in [-0.25, -0.2) is 4.68 Å². The van der Waals surface area contributed by atoms with Crippen molar-refractivity contribution in [1.82, 2.24) is 4.68 Å². The Kier molecular flexibility index (Phi) is 4.43. The van der Waals surface area contributed by atoms with Crippen molar-refractivity contribution in [2.75, 3.05) is 0 Å². The number of nitrogens with zero attached hydrogens (tertiary/aromatic N) is 3. The normalized spacial score (nSPS) is 11.7. The van der Waals surface area contributed by atoms with Gasteiger partial charge < -0.3 is 0 Å². The molecule has 0 aromatic carbocycles. The van der Waals surface area contributed by atoms with E-state index in [9.17, 15) is 4.79 Å². The Labute approximate surface area is 108 Å². The molecule has 1 rings (SSSR count). The zero-order chi connectivity index (χ0) is 13.9. The minimum atomic E-state index is -0.335. The lowest BCUT2D eigenvalue weighted by Crippen LogP contribution is -2.23. The van der Waals surface area contributed by atoms with E-state index in [4.69, 9.17) is 5.26 Å². The first kappa shape index (κ1) is 14.2. The molecular weight excluding hydrogens is 226 g/mol. The molecule has 0 aliphatic carbocycles. The average Bonchev–Trinajstić information content (AvgIpc) is 2.23. The second-order valence-corrected chi connectivity index (χ2v) is 5.01. The fraction of sp³-hybridized carbons (Fsp3) is 0.500. The Morgan fingerprint density at radius 2 is 2.11 bits per heavy atom. The highest BCUT2D eigenvalue weighted by atomic mass is 16.1. The minimum Gasteiger partial charge on any atom is -0.266 e. The molecule has 4 nitrogen and oxygen atoms in total. The molecule has 96 valence electrons. The van der Waals surface area contributed by atoms with E-state index in [1.165, 1.54) is 4.68 Å². The summed E-state index contributed by atoms with van der Waals surface area (Å²) < 4.78 is 1.32. The van der Waals surface area contributed by atoms with Crippen LogP contribution >= 0.6 is 0 Å². The zero-order valence-corrected chi connectivity index (χ0v) is 11.6. The number of hydrogen-bond donors (Lipinski definition) is 0. The van der Waals surface area contributed by atoms with Crippen LogP contribution in [0.15, 0.2) is 16.0 Å². The van der Waals surface area contributed by atoms with Gasteiger partial charge in [0.05, 0.1) is 0 Å². The molecule has 0 spiro atoms. The quantitative estimate of drug-likeness (QED) is 0.768. The van der Waals surface area contributed by atoms with Crippen molar-refractivity contribution < 1.29 is 0 Å². The lowest BCUT2D eigenvalue weighted by Gasteiger charge is -2.09. The van der Waals surface area contributed by atoms with Crippen LogP contribution in [0.5, 0.6) is 0 Å². The first-order chi connectivity index (χ1) is 8.36. The molecule has 0 saturated heterocycles. The molecule has 0 amide bonds. The molecule has 0 unspecified atom stereocenters. The van der Waals surface area contributed by atoms with E-state index in [0.29, 0.717) is 11.5 Å². The first-order valence-corrected chi connectivity index (χ1v) is 6.04. The molecule has 0 atom stereocenters. The van der Waals surface area contributed by atoms with Gasteiger partial charge in [-0.2, -0.15) is 10.4 Å². The molecule has 1 aromatic heterocycles. The molecule has 0 fully saturated rings. The van der Waals surface area contributed by atoms with Crippen molar-refractivity contribution in [3.05, 3.63) is 33.2 Å². The van der Waals surface area contributed by atoms with Gasteiger partial charge in [-0.1, -0.05) is 13.8 Å². The molecule has 18 heavy (non-hydrogen) atoms. The van der Waals surface area contributed by atoms with Crippen LogP contribution in [0.4, 0.5) is 0 Å². The van der Waals surface area contributed by atoms with Crippen LogP contribution in [0.25, 0.3) is 0 Å². The maximum atomic E-state index is 12.1. The number of rotatable bonds is 3. The predicted molar refractivity (Wildman–Crippen MR) is 72.9 cm³/mol. The molecule has 0 bridgehead atoms. The summed E-state index contributed by atoms with van der Waals surface area (Å²) in [5.74, 6) is 0.491. The summed E-state index contributed by atoms with van der Waals surface area (Å²) in [5, 5.41) is 13.3. The van der Waals surface area contributed by atoms with Crippen molar-refractivity contribution in [2.45, 2.75) is 41.0 Å². The highest BCUT2D eigenvalue weighted by Gasteiger charge is 2.09. The van der Waals surface area contributed by atoms with Gasteiger partial charge in [-0.05, 0) is 44.7 Å². The van der Waals surface area contributed by atoms with E-state index < -0.39 is 0 Å². The number of aryl methyl sites for hydroxylation is 2. The van der Waals surface area contributed by atoms with Gasteiger partial charge in [0.15, 0.2) is 0 Å². The number of aromatic nitrogens is 1. The van der Waals surface area contributed by atoms with Gasteiger partial charge >= 0.3 is 0 Å². The standard InChI is InChI=1S/C14H19N3O/c1-9(2)6-11(4)16-17-12(5)7-10(3)13(8-15)14(17)18/h7,9H,6H2,1-5H3. The van der Waals surface area contributed by atoms with Crippen molar-refractivity contribution >= 4 is 5.71 Å². The molecule has 0 aliphatic rings. The van der Waals surface area contributed by atoms with Crippen molar-refractivity contribution in [1.29, 1.82) is 5.26 Å². The van der Waals surface area contributed by atoms with Crippen molar-refractivity contribution in [3.63, 3.8) is 0 Å². The highest BCUT2D eigenvalue weighted by molar-refractivity contribution is 5.81. The number of nitriles is 1. The summed E-state index contributed by atoms with van der Waals surface area (Å²) in [6.07, 6.45) is 0.835. The summed E-state index contributed by atoms with van der Waals surface area (Å²) in [6.45, 7) is 9.69. The van der Waals surface area contributed by atoms with Crippen LogP contribution in [-0.2, 0) is 0 Å². The maximum Gasteiger partial charge on any atom is 0.289 e. The van der Waals surface area contributed by atoms with E-state index in [1.54, 1.807) is 6.92 Å². The summed E-state index contributed by atoms with van der Waals surface area (Å²) in [7, 11) is 0. The van der Waals surface area contributed by atoms with Crippen molar-refractivity contribution in [2.24, 2.45) is 11.0 Å². The third-order valence-corrected chi connectivity index (χ3v) is 2.65. The average molecular weight is 245 g/mol. The number of hydrogen-bond acceptors (Lipinski definition) is 3. The van der Waals surface area contributed by atoms with E-state index >= 15 is 0 Å². The van der Waals surface area contributed by atoms with Gasteiger partial charge in [0, 0.05) is 11.4 Å². The Morgan fingerprint density at radius 1 is 1.50 bits per heavy atom. The van der Waals surface area contributed by atoms with Crippen LogP contribution in [0.2, 0.25) is 0 Å². The molecule has 0 aliphatic heterocycles. The summed E-state index contributed by atoms with van der Waals surface area (Å²) in [5.41, 5.74) is 2.18. The highest BCUT2D eigenvalue weighted by Crippen LogP contribution is 2.07. The van der Waals surface area contributed by atoms with Crippen molar-refractivity contribution in [3.8, 4) is 6.07 Å². The van der Waals surface area contributed by atoms with Crippen LogP contribution in [0.1, 0.15) is 44.0 Å². The molecule has 0 radical (unpaired) electrons. The second kappa shape index (κ2) is 5.63. The van der Waals surface area contributed by atoms with E-state index in [1.807, 2.05) is 26.0 Å². The van der Waals surface area contributed by atoms with Crippen LogP contribution in [-0.4, -0.2) is 10.4 Å². The SMILES string of the molecule is CC(CC(C)C)=Nn1c(C)cc(C)c(C#N)c1=O. The van der Waals surface area contributed by atoms with E-state index in [0.717, 1.165) is 17.8 Å². The topological polar surface area (TPSA) is 58.1 Å². The maximum absolute atomic E-state index is 12.1. The number of pyridine rings is 1. The zero-order valence-electron chi connectivity index (χ0n) is 11.6. The van der Waals surface area contributed by atoms with Crippen LogP contribution in [0.3, 0.4) is 0 Å². The van der Waals surface area contributed by atoms with Crippen LogP contribution < -0.4 is 5.56 Å². The van der Waals surface area contributed by atoms with Gasteiger partial charge in [-0.3, -0.25) is 4.79 Å². The van der Waals surface area contributed by atoms with Gasteiger partial charge in [0.2, 0.25) is 0 Å². The largest absolute Gasteiger partial charge is 0.289 e. The molecule has 0 N–H and O–H groups in total. The minimum absolute atomic E-state index is 0.168. The Morgan fingerprint density at radius 3 is 2.61 bits per heavy atom. The monoisotopic (exact) mass is 245 g/mol. The van der Waals surface area contributed by atoms with Gasteiger partial charge in [-0.15, -0.1) is 0 Å². The second-order valence-electron chi connectivity index (χ2n) is 5.01. The van der Waals surface area contributed by atoms with Gasteiger partial charge in [0.1, 0.15) is 11.6 Å². The predicted octanol–water partition coefficient (Wildman–Crippen LogP) is 2.61. The summed E-state index contributed by atoms with van der Waals surface area (Å²) in [4.78, 5) is 12.1. The first-order valence-electron chi connectivity index (χ1n) is 6.04. The summed E-state index contributed by atoms with van der Waals surface area (Å²) in [6, 6.07) is 3.75. The molecule has 4 heteroatoms. The smallest absolute Gasteiger partial charge is 0.266 e. The van der Waals surface area contributed by atoms with E-state index in [2.05, 4.69) is 18.9 Å². The molecule has 0 saturated carbocycles. The lowest BCUT2D eigenvalue weighted by atomic mass is 10.1.